The SMILES string of the molecule is CN(N)P(=S)(NC(=O)c1c(F)c(F)c(N=[N+]=[N-])c(F)c1F)N(C)N. The van der Waals surface area contributed by atoms with Crippen LogP contribution in [-0.4, -0.2) is 29.6 Å². The first-order valence-electron chi connectivity index (χ1n) is 5.80. The molecule has 0 atom stereocenters. The Morgan fingerprint density at radius 1 is 1.17 bits per heavy atom. The van der Waals surface area contributed by atoms with Crippen molar-refractivity contribution in [3.63, 3.8) is 0 Å². The number of nitrogens with one attached hydrogen (secondary N) is 1. The lowest BCUT2D eigenvalue weighted by Crippen LogP contribution is -2.43. The van der Waals surface area contributed by atoms with E-state index in [0.29, 0.717) is 0 Å². The van der Waals surface area contributed by atoms with E-state index in [0.717, 1.165) is 9.56 Å². The summed E-state index contributed by atoms with van der Waals surface area (Å²) < 4.78 is 56.8. The Hall–Kier alpha value is -1.79. The van der Waals surface area contributed by atoms with Crippen LogP contribution >= 0.6 is 6.49 Å². The monoisotopic (exact) mass is 386 g/mol. The smallest absolute Gasteiger partial charge is 0.263 e. The topological polar surface area (TPSA) is 136 Å². The van der Waals surface area contributed by atoms with Crippen molar-refractivity contribution in [1.29, 1.82) is 0 Å². The molecule has 0 saturated carbocycles. The molecular weight excluding hydrogens is 375 g/mol. The third-order valence-corrected chi connectivity index (χ3v) is 6.74. The summed E-state index contributed by atoms with van der Waals surface area (Å²) in [7, 11) is 2.45. The molecule has 1 aromatic carbocycles. The number of hydrogen-bond acceptors (Lipinski definition) is 5. The number of carbonyl (C=O) groups is 1. The van der Waals surface area contributed by atoms with E-state index in [2.05, 4.69) is 5.11 Å². The van der Waals surface area contributed by atoms with Crippen molar-refractivity contribution >= 4 is 29.9 Å². The third-order valence-electron chi connectivity index (χ3n) is 2.71. The van der Waals surface area contributed by atoms with E-state index in [1.807, 2.05) is 10.00 Å². The van der Waals surface area contributed by atoms with E-state index < -0.39 is 46.9 Å². The molecule has 0 heterocycles. The fourth-order valence-corrected chi connectivity index (χ4v) is 2.91. The summed E-state index contributed by atoms with van der Waals surface area (Å²) in [5.74, 6) is 1.12. The second kappa shape index (κ2) is 7.40. The first-order chi connectivity index (χ1) is 11.0. The maximum Gasteiger partial charge on any atom is 0.263 e. The van der Waals surface area contributed by atoms with Gasteiger partial charge in [-0.3, -0.25) is 21.6 Å². The van der Waals surface area contributed by atoms with Gasteiger partial charge in [-0.25, -0.2) is 17.6 Å². The van der Waals surface area contributed by atoms with Crippen LogP contribution in [0, 0.1) is 23.3 Å². The van der Waals surface area contributed by atoms with Crippen molar-refractivity contribution in [3.05, 3.63) is 39.3 Å². The van der Waals surface area contributed by atoms with Crippen molar-refractivity contribution in [2.24, 2.45) is 16.8 Å². The molecule has 0 aromatic heterocycles. The van der Waals surface area contributed by atoms with Gasteiger partial charge in [0.25, 0.3) is 5.91 Å². The highest BCUT2D eigenvalue weighted by molar-refractivity contribution is 8.11. The Morgan fingerprint density at radius 3 is 1.92 bits per heavy atom. The van der Waals surface area contributed by atoms with Crippen LogP contribution in [0.15, 0.2) is 5.11 Å². The molecule has 0 fully saturated rings. The molecule has 1 amide bonds. The number of benzene rings is 1. The fourth-order valence-electron chi connectivity index (χ4n) is 1.52. The van der Waals surface area contributed by atoms with Gasteiger partial charge in [-0.05, 0) is 17.3 Å². The van der Waals surface area contributed by atoms with Crippen LogP contribution in [0.4, 0.5) is 23.2 Å². The number of nitrogens with two attached hydrogens (primary N) is 2. The second-order valence-electron chi connectivity index (χ2n) is 4.30. The average Bonchev–Trinajstić information content (AvgIpc) is 2.49. The number of nitrogens with zero attached hydrogens (tertiary/aromatic N) is 5. The first kappa shape index (κ1) is 20.3. The van der Waals surface area contributed by atoms with Gasteiger partial charge in [-0.1, -0.05) is 5.11 Å². The van der Waals surface area contributed by atoms with E-state index >= 15 is 0 Å². The molecule has 0 radical (unpaired) electrons. The quantitative estimate of drug-likeness (QED) is 0.103. The number of hydrogen-bond donors (Lipinski definition) is 3. The number of azide groups is 1. The maximum atomic E-state index is 13.9. The molecule has 0 bridgehead atoms. The molecule has 9 nitrogen and oxygen atoms in total. The number of carbonyl (C=O) groups excluding carboxylic acids is 1. The number of rotatable bonds is 5. The molecule has 0 aliphatic rings. The molecule has 0 aliphatic carbocycles. The molecule has 15 heteroatoms. The highest BCUT2D eigenvalue weighted by Crippen LogP contribution is 2.43. The minimum Gasteiger partial charge on any atom is -0.299 e. The van der Waals surface area contributed by atoms with Crippen LogP contribution in [0.1, 0.15) is 10.4 Å². The minimum absolute atomic E-state index is 0.817. The lowest BCUT2D eigenvalue weighted by atomic mass is 10.1. The van der Waals surface area contributed by atoms with Crippen molar-refractivity contribution in [3.8, 4) is 0 Å². The summed E-state index contributed by atoms with van der Waals surface area (Å²) in [4.78, 5) is 14.1. The standard InChI is InChI=1S/C9H11F4N8OPS/c1-20(15)23(24,21(2)16)18-9(22)3-4(10)6(12)8(17-19-14)7(13)5(3)11/h15-16H2,1-2H3,(H,18,22,24). The Labute approximate surface area is 137 Å². The Kier molecular flexibility index (Phi) is 6.25. The van der Waals surface area contributed by atoms with Crippen LogP contribution in [-0.2, 0) is 11.8 Å². The second-order valence-corrected chi connectivity index (χ2v) is 8.40. The zero-order valence-corrected chi connectivity index (χ0v) is 13.9. The van der Waals surface area contributed by atoms with Crippen LogP contribution in [0.25, 0.3) is 10.4 Å². The zero-order valence-electron chi connectivity index (χ0n) is 12.2. The number of amides is 1. The van der Waals surface area contributed by atoms with Crippen LogP contribution in [0.5, 0.6) is 0 Å². The van der Waals surface area contributed by atoms with Gasteiger partial charge >= 0.3 is 0 Å². The van der Waals surface area contributed by atoms with Gasteiger partial charge in [0.2, 0.25) is 0 Å². The summed E-state index contributed by atoms with van der Waals surface area (Å²) in [5.41, 5.74) is 5.01. The fraction of sp³-hybridized carbons (Fsp3) is 0.222. The van der Waals surface area contributed by atoms with Gasteiger partial charge in [-0.2, -0.15) is 9.56 Å². The third kappa shape index (κ3) is 3.49. The summed E-state index contributed by atoms with van der Waals surface area (Å²) in [6.45, 7) is -3.38. The van der Waals surface area contributed by atoms with Gasteiger partial charge in [0.05, 0.1) is 0 Å². The van der Waals surface area contributed by atoms with Gasteiger partial charge in [0.1, 0.15) is 11.3 Å². The molecule has 0 aliphatic heterocycles. The van der Waals surface area contributed by atoms with Gasteiger partial charge < -0.3 is 0 Å². The first-order valence-corrected chi connectivity index (χ1v) is 8.51. The lowest BCUT2D eigenvalue weighted by molar-refractivity contribution is 0.0967. The predicted octanol–water partition coefficient (Wildman–Crippen LogP) is 1.75. The molecule has 1 rings (SSSR count). The van der Waals surface area contributed by atoms with Crippen LogP contribution in [0.2, 0.25) is 0 Å². The Balaban J connectivity index is 3.51. The van der Waals surface area contributed by atoms with Crippen LogP contribution < -0.4 is 16.8 Å². The molecular formula is C9H11F4N8OPS. The van der Waals surface area contributed by atoms with E-state index in [-0.39, 0.29) is 0 Å². The Morgan fingerprint density at radius 2 is 1.58 bits per heavy atom. The molecule has 0 saturated heterocycles. The normalized spacial score (nSPS) is 11.6. The summed E-state index contributed by atoms with van der Waals surface area (Å²) in [6.07, 6.45) is 0. The molecule has 132 valence electrons. The Bertz CT molecular complexity index is 740. The van der Waals surface area contributed by atoms with Gasteiger partial charge in [-0.15, -0.1) is 0 Å². The highest BCUT2D eigenvalue weighted by Gasteiger charge is 2.33. The lowest BCUT2D eigenvalue weighted by Gasteiger charge is -2.33. The van der Waals surface area contributed by atoms with Crippen molar-refractivity contribution < 1.29 is 22.4 Å². The van der Waals surface area contributed by atoms with Crippen molar-refractivity contribution in [2.45, 2.75) is 0 Å². The molecule has 24 heavy (non-hydrogen) atoms. The summed E-state index contributed by atoms with van der Waals surface area (Å²) in [6, 6.07) is 0. The van der Waals surface area contributed by atoms with E-state index in [1.54, 1.807) is 0 Å². The van der Waals surface area contributed by atoms with E-state index in [9.17, 15) is 22.4 Å². The van der Waals surface area contributed by atoms with E-state index in [4.69, 9.17) is 29.0 Å². The summed E-state index contributed by atoms with van der Waals surface area (Å²) in [5, 5.41) is 4.48. The van der Waals surface area contributed by atoms with E-state index in [1.165, 1.54) is 14.1 Å². The molecule has 5 N–H and O–H groups in total. The maximum absolute atomic E-state index is 13.9. The van der Waals surface area contributed by atoms with Gasteiger partial charge in [0.15, 0.2) is 29.8 Å². The molecule has 0 unspecified atom stereocenters. The zero-order chi connectivity index (χ0) is 18.8. The highest BCUT2D eigenvalue weighted by atomic mass is 32.4. The van der Waals surface area contributed by atoms with Crippen molar-refractivity contribution in [1.82, 2.24) is 14.6 Å². The molecule has 1 aromatic rings. The molecule has 0 spiro atoms. The van der Waals surface area contributed by atoms with Crippen LogP contribution in [0.3, 0.4) is 0 Å². The van der Waals surface area contributed by atoms with Gasteiger partial charge in [0, 0.05) is 19.0 Å². The summed E-state index contributed by atoms with van der Waals surface area (Å²) >= 11 is 5.03. The predicted molar refractivity (Wildman–Crippen MR) is 80.7 cm³/mol. The average molecular weight is 386 g/mol. The largest absolute Gasteiger partial charge is 0.299 e. The van der Waals surface area contributed by atoms with Crippen molar-refractivity contribution in [2.75, 3.05) is 14.1 Å². The minimum atomic E-state index is -3.38. The number of halogens is 4. The number of hydrazine groups is 2.